The molecule has 3 aromatic rings. The number of hydrogen-bond donors (Lipinski definition) is 2. The molecular weight excluding hydrogens is 288 g/mol. The van der Waals surface area contributed by atoms with E-state index in [1.165, 1.54) is 19.3 Å². The van der Waals surface area contributed by atoms with E-state index < -0.39 is 0 Å². The zero-order valence-corrected chi connectivity index (χ0v) is 13.2. The van der Waals surface area contributed by atoms with E-state index in [1.54, 1.807) is 12.1 Å². The second kappa shape index (κ2) is 5.57. The summed E-state index contributed by atoms with van der Waals surface area (Å²) in [5, 5.41) is 9.45. The summed E-state index contributed by atoms with van der Waals surface area (Å²) < 4.78 is 0. The Morgan fingerprint density at radius 3 is 2.52 bits per heavy atom. The molecule has 1 fully saturated rings. The van der Waals surface area contributed by atoms with Gasteiger partial charge in [-0.25, -0.2) is 9.97 Å². The number of aromatic nitrogens is 3. The van der Waals surface area contributed by atoms with E-state index in [4.69, 9.17) is 0 Å². The predicted molar refractivity (Wildman–Crippen MR) is 91.8 cm³/mol. The smallest absolute Gasteiger partial charge is 0.156 e. The van der Waals surface area contributed by atoms with Crippen LogP contribution in [0.1, 0.15) is 25.1 Å². The summed E-state index contributed by atoms with van der Waals surface area (Å²) in [6.45, 7) is 4.05. The number of anilines is 1. The van der Waals surface area contributed by atoms with Crippen LogP contribution in [0.15, 0.2) is 30.3 Å². The maximum atomic E-state index is 9.45. The highest BCUT2D eigenvalue weighted by Crippen LogP contribution is 2.30. The van der Waals surface area contributed by atoms with Crippen molar-refractivity contribution >= 4 is 16.9 Å². The van der Waals surface area contributed by atoms with Crippen LogP contribution in [0.4, 0.5) is 5.82 Å². The van der Waals surface area contributed by atoms with Crippen LogP contribution in [0.3, 0.4) is 0 Å². The van der Waals surface area contributed by atoms with Gasteiger partial charge >= 0.3 is 0 Å². The molecule has 5 heteroatoms. The van der Waals surface area contributed by atoms with Crippen molar-refractivity contribution in [3.63, 3.8) is 0 Å². The molecule has 23 heavy (non-hydrogen) atoms. The molecule has 2 aromatic heterocycles. The Morgan fingerprint density at radius 1 is 1.04 bits per heavy atom. The van der Waals surface area contributed by atoms with Gasteiger partial charge in [0.25, 0.3) is 0 Å². The van der Waals surface area contributed by atoms with Gasteiger partial charge in [0.05, 0.1) is 5.52 Å². The molecule has 5 nitrogen and oxygen atoms in total. The van der Waals surface area contributed by atoms with Crippen molar-refractivity contribution in [2.24, 2.45) is 0 Å². The van der Waals surface area contributed by atoms with Crippen LogP contribution in [-0.4, -0.2) is 33.1 Å². The molecule has 0 spiro atoms. The van der Waals surface area contributed by atoms with Crippen LogP contribution >= 0.6 is 0 Å². The molecule has 0 atom stereocenters. The van der Waals surface area contributed by atoms with Gasteiger partial charge in [-0.1, -0.05) is 0 Å². The summed E-state index contributed by atoms with van der Waals surface area (Å²) in [7, 11) is 0. The first-order valence-corrected chi connectivity index (χ1v) is 8.12. The van der Waals surface area contributed by atoms with E-state index in [9.17, 15) is 5.11 Å². The minimum atomic E-state index is 0.273. The molecule has 1 saturated heterocycles. The van der Waals surface area contributed by atoms with E-state index in [2.05, 4.69) is 25.9 Å². The van der Waals surface area contributed by atoms with Crippen molar-refractivity contribution in [1.82, 2.24) is 15.0 Å². The average molecular weight is 308 g/mol. The number of aromatic amines is 1. The molecule has 0 bridgehead atoms. The van der Waals surface area contributed by atoms with Gasteiger partial charge in [0.1, 0.15) is 17.1 Å². The molecule has 1 aromatic carbocycles. The summed E-state index contributed by atoms with van der Waals surface area (Å²) in [6, 6.07) is 9.26. The Morgan fingerprint density at radius 2 is 1.78 bits per heavy atom. The fourth-order valence-electron chi connectivity index (χ4n) is 3.24. The van der Waals surface area contributed by atoms with Crippen molar-refractivity contribution in [2.45, 2.75) is 26.2 Å². The van der Waals surface area contributed by atoms with Gasteiger partial charge in [-0.05, 0) is 62.1 Å². The fourth-order valence-corrected chi connectivity index (χ4v) is 3.24. The van der Waals surface area contributed by atoms with Crippen LogP contribution in [-0.2, 0) is 0 Å². The Bertz CT molecular complexity index is 832. The molecule has 4 rings (SSSR count). The van der Waals surface area contributed by atoms with Gasteiger partial charge < -0.3 is 15.0 Å². The molecule has 1 aliphatic heterocycles. The number of rotatable bonds is 2. The number of nitrogens with one attached hydrogen (secondary N) is 1. The third-order valence-corrected chi connectivity index (χ3v) is 4.40. The van der Waals surface area contributed by atoms with Crippen LogP contribution in [0, 0.1) is 6.92 Å². The SMILES string of the molecule is Cc1nc(N2CCCCC2)c2[nH]c(-c3ccc(O)cc3)cc2n1. The number of aryl methyl sites for hydroxylation is 1. The van der Waals surface area contributed by atoms with Crippen LogP contribution in [0.2, 0.25) is 0 Å². The lowest BCUT2D eigenvalue weighted by Crippen LogP contribution is -2.30. The van der Waals surface area contributed by atoms with Crippen LogP contribution < -0.4 is 4.90 Å². The van der Waals surface area contributed by atoms with Gasteiger partial charge in [0, 0.05) is 18.8 Å². The number of hydrogen-bond acceptors (Lipinski definition) is 4. The largest absolute Gasteiger partial charge is 0.508 e. The molecule has 0 saturated carbocycles. The van der Waals surface area contributed by atoms with Crippen molar-refractivity contribution in [2.75, 3.05) is 18.0 Å². The maximum Gasteiger partial charge on any atom is 0.156 e. The van der Waals surface area contributed by atoms with Gasteiger partial charge in [0.15, 0.2) is 5.82 Å². The third kappa shape index (κ3) is 2.63. The molecule has 0 aliphatic carbocycles. The summed E-state index contributed by atoms with van der Waals surface area (Å²) in [5.74, 6) is 2.08. The van der Waals surface area contributed by atoms with Crippen molar-refractivity contribution in [1.29, 1.82) is 0 Å². The number of piperidine rings is 1. The van der Waals surface area contributed by atoms with Crippen molar-refractivity contribution in [3.8, 4) is 17.0 Å². The normalized spacial score (nSPS) is 15.3. The topological polar surface area (TPSA) is 65.0 Å². The fraction of sp³-hybridized carbons (Fsp3) is 0.333. The summed E-state index contributed by atoms with van der Waals surface area (Å²) >= 11 is 0. The number of H-pyrrole nitrogens is 1. The number of nitrogens with zero attached hydrogens (tertiary/aromatic N) is 3. The van der Waals surface area contributed by atoms with E-state index in [0.29, 0.717) is 0 Å². The number of aromatic hydroxyl groups is 1. The molecule has 2 N–H and O–H groups in total. The molecule has 0 amide bonds. The summed E-state index contributed by atoms with van der Waals surface area (Å²) in [4.78, 5) is 15.1. The summed E-state index contributed by atoms with van der Waals surface area (Å²) in [5.41, 5.74) is 3.97. The average Bonchev–Trinajstić information content (AvgIpc) is 2.99. The molecule has 1 aliphatic rings. The standard InChI is InChI=1S/C18H20N4O/c1-12-19-16-11-15(13-5-7-14(23)8-6-13)21-17(16)18(20-12)22-9-3-2-4-10-22/h5-8,11,21,23H,2-4,9-10H2,1H3. The second-order valence-electron chi connectivity index (χ2n) is 6.13. The Hall–Kier alpha value is -2.56. The van der Waals surface area contributed by atoms with Gasteiger partial charge in [-0.3, -0.25) is 0 Å². The van der Waals surface area contributed by atoms with Gasteiger partial charge in [-0.2, -0.15) is 0 Å². The van der Waals surface area contributed by atoms with E-state index >= 15 is 0 Å². The number of benzene rings is 1. The first kappa shape index (κ1) is 14.1. The quantitative estimate of drug-likeness (QED) is 0.759. The zero-order valence-electron chi connectivity index (χ0n) is 13.2. The van der Waals surface area contributed by atoms with Gasteiger partial charge in [-0.15, -0.1) is 0 Å². The first-order valence-electron chi connectivity index (χ1n) is 8.12. The maximum absolute atomic E-state index is 9.45. The molecular formula is C18H20N4O. The molecule has 3 heterocycles. The van der Waals surface area contributed by atoms with Crippen molar-refractivity contribution in [3.05, 3.63) is 36.2 Å². The Kier molecular flexibility index (Phi) is 3.41. The van der Waals surface area contributed by atoms with Crippen molar-refractivity contribution < 1.29 is 5.11 Å². The van der Waals surface area contributed by atoms with E-state index in [1.807, 2.05) is 19.1 Å². The van der Waals surface area contributed by atoms with Crippen LogP contribution in [0.5, 0.6) is 5.75 Å². The minimum Gasteiger partial charge on any atom is -0.508 e. The number of fused-ring (bicyclic) bond motifs is 1. The highest BCUT2D eigenvalue weighted by atomic mass is 16.3. The number of phenols is 1. The Labute approximate surface area is 135 Å². The lowest BCUT2D eigenvalue weighted by molar-refractivity contribution is 0.475. The van der Waals surface area contributed by atoms with E-state index in [0.717, 1.165) is 47.0 Å². The minimum absolute atomic E-state index is 0.273. The summed E-state index contributed by atoms with van der Waals surface area (Å²) in [6.07, 6.45) is 3.74. The van der Waals surface area contributed by atoms with Crippen LogP contribution in [0.25, 0.3) is 22.3 Å². The highest BCUT2D eigenvalue weighted by molar-refractivity contribution is 5.90. The zero-order chi connectivity index (χ0) is 15.8. The highest BCUT2D eigenvalue weighted by Gasteiger charge is 2.18. The molecule has 118 valence electrons. The molecule has 0 radical (unpaired) electrons. The lowest BCUT2D eigenvalue weighted by atomic mass is 10.1. The Balaban J connectivity index is 1.82. The monoisotopic (exact) mass is 308 g/mol. The third-order valence-electron chi connectivity index (χ3n) is 4.40. The van der Waals surface area contributed by atoms with E-state index in [-0.39, 0.29) is 5.75 Å². The predicted octanol–water partition coefficient (Wildman–Crippen LogP) is 3.63. The first-order chi connectivity index (χ1) is 11.2. The second-order valence-corrected chi connectivity index (χ2v) is 6.13. The van der Waals surface area contributed by atoms with Gasteiger partial charge in [0.2, 0.25) is 0 Å². The molecule has 0 unspecified atom stereocenters. The lowest BCUT2D eigenvalue weighted by Gasteiger charge is -2.28. The number of phenolic OH excluding ortho intramolecular Hbond substituents is 1.